The van der Waals surface area contributed by atoms with Gasteiger partial charge >= 0.3 is 0 Å². The minimum absolute atomic E-state index is 0.136. The number of nitro groups is 1. The SMILES string of the molecule is CC(C)OCCc1cccc([N+](=O)[O-])c1. The fourth-order valence-electron chi connectivity index (χ4n) is 1.24. The number of hydrogen-bond donors (Lipinski definition) is 0. The van der Waals surface area contributed by atoms with E-state index in [4.69, 9.17) is 4.74 Å². The van der Waals surface area contributed by atoms with E-state index in [1.54, 1.807) is 12.1 Å². The molecule has 0 spiro atoms. The minimum Gasteiger partial charge on any atom is -0.378 e. The van der Waals surface area contributed by atoms with E-state index in [1.165, 1.54) is 6.07 Å². The molecule has 1 aromatic rings. The maximum absolute atomic E-state index is 10.5. The van der Waals surface area contributed by atoms with E-state index in [0.717, 1.165) is 5.56 Å². The first-order valence-corrected chi connectivity index (χ1v) is 4.94. The average Bonchev–Trinajstić information content (AvgIpc) is 2.17. The highest BCUT2D eigenvalue weighted by Gasteiger charge is 2.05. The summed E-state index contributed by atoms with van der Waals surface area (Å²) in [4.78, 5) is 10.1. The van der Waals surface area contributed by atoms with Crippen molar-refractivity contribution in [3.05, 3.63) is 39.9 Å². The number of rotatable bonds is 5. The molecule has 4 nitrogen and oxygen atoms in total. The Bertz CT molecular complexity index is 336. The number of non-ortho nitro benzene ring substituents is 1. The molecule has 0 saturated heterocycles. The van der Waals surface area contributed by atoms with Crippen molar-refractivity contribution in [2.45, 2.75) is 26.4 Å². The van der Waals surface area contributed by atoms with Gasteiger partial charge in [0, 0.05) is 12.1 Å². The van der Waals surface area contributed by atoms with Crippen molar-refractivity contribution in [1.82, 2.24) is 0 Å². The summed E-state index contributed by atoms with van der Waals surface area (Å²) >= 11 is 0. The lowest BCUT2D eigenvalue weighted by atomic mass is 10.1. The van der Waals surface area contributed by atoms with Gasteiger partial charge in [-0.1, -0.05) is 12.1 Å². The molecule has 1 rings (SSSR count). The van der Waals surface area contributed by atoms with Crippen LogP contribution < -0.4 is 0 Å². The summed E-state index contributed by atoms with van der Waals surface area (Å²) in [5, 5.41) is 10.5. The second kappa shape index (κ2) is 5.46. The monoisotopic (exact) mass is 209 g/mol. The normalized spacial score (nSPS) is 10.6. The Kier molecular flexibility index (Phi) is 4.24. The molecule has 0 aliphatic rings. The highest BCUT2D eigenvalue weighted by atomic mass is 16.6. The molecule has 82 valence electrons. The van der Waals surface area contributed by atoms with Gasteiger partial charge in [-0.3, -0.25) is 10.1 Å². The zero-order valence-corrected chi connectivity index (χ0v) is 8.97. The fourth-order valence-corrected chi connectivity index (χ4v) is 1.24. The van der Waals surface area contributed by atoms with Gasteiger partial charge in [0.05, 0.1) is 17.6 Å². The second-order valence-corrected chi connectivity index (χ2v) is 3.60. The van der Waals surface area contributed by atoms with E-state index in [1.807, 2.05) is 19.9 Å². The molecule has 0 saturated carbocycles. The van der Waals surface area contributed by atoms with E-state index in [0.29, 0.717) is 13.0 Å². The van der Waals surface area contributed by atoms with Crippen LogP contribution in [0, 0.1) is 10.1 Å². The van der Waals surface area contributed by atoms with Crippen LogP contribution in [0.25, 0.3) is 0 Å². The van der Waals surface area contributed by atoms with Crippen LogP contribution in [0.15, 0.2) is 24.3 Å². The predicted octanol–water partition coefficient (Wildman–Crippen LogP) is 2.56. The van der Waals surface area contributed by atoms with Crippen molar-refractivity contribution in [2.75, 3.05) is 6.61 Å². The molecule has 0 bridgehead atoms. The second-order valence-electron chi connectivity index (χ2n) is 3.60. The van der Waals surface area contributed by atoms with Crippen LogP contribution in [-0.4, -0.2) is 17.6 Å². The van der Waals surface area contributed by atoms with Gasteiger partial charge in [-0.15, -0.1) is 0 Å². The Hall–Kier alpha value is -1.42. The molecule has 0 heterocycles. The molecular formula is C11H15NO3. The average molecular weight is 209 g/mol. The summed E-state index contributed by atoms with van der Waals surface area (Å²) < 4.78 is 5.38. The van der Waals surface area contributed by atoms with Gasteiger partial charge in [0.15, 0.2) is 0 Å². The molecule has 0 unspecified atom stereocenters. The van der Waals surface area contributed by atoms with Crippen LogP contribution in [0.4, 0.5) is 5.69 Å². The van der Waals surface area contributed by atoms with Gasteiger partial charge in [-0.2, -0.15) is 0 Å². The molecule has 1 aromatic carbocycles. The maximum atomic E-state index is 10.5. The largest absolute Gasteiger partial charge is 0.378 e. The maximum Gasteiger partial charge on any atom is 0.269 e. The van der Waals surface area contributed by atoms with E-state index in [2.05, 4.69) is 0 Å². The molecular weight excluding hydrogens is 194 g/mol. The van der Waals surface area contributed by atoms with Crippen LogP contribution in [0.3, 0.4) is 0 Å². The van der Waals surface area contributed by atoms with Gasteiger partial charge in [-0.25, -0.2) is 0 Å². The Balaban J connectivity index is 2.54. The summed E-state index contributed by atoms with van der Waals surface area (Å²) in [5.74, 6) is 0. The molecule has 0 amide bonds. The van der Waals surface area contributed by atoms with Crippen LogP contribution in [-0.2, 0) is 11.2 Å². The molecule has 0 radical (unpaired) electrons. The Morgan fingerprint density at radius 3 is 2.80 bits per heavy atom. The summed E-state index contributed by atoms with van der Waals surface area (Å²) in [6.45, 7) is 4.53. The molecule has 15 heavy (non-hydrogen) atoms. The first-order valence-electron chi connectivity index (χ1n) is 4.94. The Labute approximate surface area is 89.0 Å². The number of nitrogens with zero attached hydrogens (tertiary/aromatic N) is 1. The standard InChI is InChI=1S/C11H15NO3/c1-9(2)15-7-6-10-4-3-5-11(8-10)12(13)14/h3-5,8-9H,6-7H2,1-2H3. The van der Waals surface area contributed by atoms with Crippen molar-refractivity contribution in [3.63, 3.8) is 0 Å². The third kappa shape index (κ3) is 4.08. The number of ether oxygens (including phenoxy) is 1. The first kappa shape index (κ1) is 11.7. The summed E-state index contributed by atoms with van der Waals surface area (Å²) in [5.41, 5.74) is 1.07. The van der Waals surface area contributed by atoms with Gasteiger partial charge in [-0.05, 0) is 25.8 Å². The molecule has 0 N–H and O–H groups in total. The molecule has 0 aliphatic heterocycles. The lowest BCUT2D eigenvalue weighted by Gasteiger charge is -2.06. The van der Waals surface area contributed by atoms with Crippen molar-refractivity contribution in [3.8, 4) is 0 Å². The number of nitro benzene ring substituents is 1. The Morgan fingerprint density at radius 2 is 2.20 bits per heavy atom. The van der Waals surface area contributed by atoms with E-state index >= 15 is 0 Å². The van der Waals surface area contributed by atoms with Crippen molar-refractivity contribution < 1.29 is 9.66 Å². The van der Waals surface area contributed by atoms with E-state index in [-0.39, 0.29) is 16.7 Å². The zero-order valence-electron chi connectivity index (χ0n) is 8.97. The van der Waals surface area contributed by atoms with Crippen LogP contribution in [0.1, 0.15) is 19.4 Å². The third-order valence-electron chi connectivity index (χ3n) is 1.96. The van der Waals surface area contributed by atoms with Gasteiger partial charge < -0.3 is 4.74 Å². The Morgan fingerprint density at radius 1 is 1.47 bits per heavy atom. The molecule has 0 aliphatic carbocycles. The van der Waals surface area contributed by atoms with Crippen molar-refractivity contribution in [1.29, 1.82) is 0 Å². The number of hydrogen-bond acceptors (Lipinski definition) is 3. The summed E-state index contributed by atoms with van der Waals surface area (Å²) in [6.07, 6.45) is 0.906. The molecule has 0 atom stereocenters. The van der Waals surface area contributed by atoms with Gasteiger partial charge in [0.25, 0.3) is 5.69 Å². The van der Waals surface area contributed by atoms with Gasteiger partial charge in [0.1, 0.15) is 0 Å². The smallest absolute Gasteiger partial charge is 0.269 e. The van der Waals surface area contributed by atoms with Crippen molar-refractivity contribution in [2.24, 2.45) is 0 Å². The molecule has 0 aromatic heterocycles. The zero-order chi connectivity index (χ0) is 11.3. The van der Waals surface area contributed by atoms with E-state index in [9.17, 15) is 10.1 Å². The highest BCUT2D eigenvalue weighted by Crippen LogP contribution is 2.13. The molecule has 4 heteroatoms. The van der Waals surface area contributed by atoms with Crippen molar-refractivity contribution >= 4 is 5.69 Å². The highest BCUT2D eigenvalue weighted by molar-refractivity contribution is 5.34. The van der Waals surface area contributed by atoms with Gasteiger partial charge in [0.2, 0.25) is 0 Å². The van der Waals surface area contributed by atoms with Crippen LogP contribution in [0.2, 0.25) is 0 Å². The quantitative estimate of drug-likeness (QED) is 0.553. The van der Waals surface area contributed by atoms with Crippen LogP contribution in [0.5, 0.6) is 0 Å². The van der Waals surface area contributed by atoms with E-state index < -0.39 is 0 Å². The lowest BCUT2D eigenvalue weighted by Crippen LogP contribution is -2.06. The molecule has 0 fully saturated rings. The summed E-state index contributed by atoms with van der Waals surface area (Å²) in [6, 6.07) is 6.65. The topological polar surface area (TPSA) is 52.4 Å². The third-order valence-corrected chi connectivity index (χ3v) is 1.96. The summed E-state index contributed by atoms with van der Waals surface area (Å²) in [7, 11) is 0. The lowest BCUT2D eigenvalue weighted by molar-refractivity contribution is -0.384. The van der Waals surface area contributed by atoms with Crippen LogP contribution >= 0.6 is 0 Å². The minimum atomic E-state index is -0.382. The number of benzene rings is 1. The predicted molar refractivity (Wildman–Crippen MR) is 57.9 cm³/mol. The fraction of sp³-hybridized carbons (Fsp3) is 0.455. The first-order chi connectivity index (χ1) is 7.09.